The van der Waals surface area contributed by atoms with Gasteiger partial charge >= 0.3 is 5.69 Å². The normalized spacial score (nSPS) is 16.2. The van der Waals surface area contributed by atoms with Gasteiger partial charge in [-0.15, -0.1) is 0 Å². The van der Waals surface area contributed by atoms with Crippen LogP contribution in [-0.4, -0.2) is 48.9 Å². The molecule has 1 aliphatic rings. The monoisotopic (exact) mass is 366 g/mol. The topological polar surface area (TPSA) is 103 Å². The second kappa shape index (κ2) is 5.46. The maximum absolute atomic E-state index is 13.0. The fourth-order valence-corrected chi connectivity index (χ4v) is 5.07. The Kier molecular flexibility index (Phi) is 3.51. The van der Waals surface area contributed by atoms with Crippen LogP contribution in [0.15, 0.2) is 27.9 Å². The van der Waals surface area contributed by atoms with Gasteiger partial charge in [0, 0.05) is 33.1 Å². The first kappa shape index (κ1) is 15.4. The SMILES string of the molecule is Cn1nc2n(c1=O)CCN(S(=O)(=O)c1cccc3nsnc13)CC2. The summed E-state index contributed by atoms with van der Waals surface area (Å²) in [5.74, 6) is 0.605. The van der Waals surface area contributed by atoms with Crippen molar-refractivity contribution in [2.24, 2.45) is 7.05 Å². The van der Waals surface area contributed by atoms with Crippen LogP contribution in [0.4, 0.5) is 0 Å². The van der Waals surface area contributed by atoms with Crippen LogP contribution in [0.3, 0.4) is 0 Å². The average molecular weight is 366 g/mol. The van der Waals surface area contributed by atoms with Crippen molar-refractivity contribution in [2.45, 2.75) is 17.9 Å². The minimum atomic E-state index is -3.71. The van der Waals surface area contributed by atoms with E-state index in [-0.39, 0.29) is 30.2 Å². The van der Waals surface area contributed by atoms with E-state index >= 15 is 0 Å². The fourth-order valence-electron chi connectivity index (χ4n) is 2.88. The summed E-state index contributed by atoms with van der Waals surface area (Å²) >= 11 is 0.987. The van der Waals surface area contributed by atoms with E-state index in [2.05, 4.69) is 13.8 Å². The van der Waals surface area contributed by atoms with E-state index in [9.17, 15) is 13.2 Å². The molecule has 0 radical (unpaired) electrons. The van der Waals surface area contributed by atoms with Crippen LogP contribution in [0.25, 0.3) is 11.0 Å². The highest BCUT2D eigenvalue weighted by Crippen LogP contribution is 2.25. The quantitative estimate of drug-likeness (QED) is 0.624. The molecule has 0 bridgehead atoms. The highest BCUT2D eigenvalue weighted by molar-refractivity contribution is 7.89. The zero-order valence-corrected chi connectivity index (χ0v) is 14.4. The van der Waals surface area contributed by atoms with E-state index in [4.69, 9.17) is 0 Å². The molecule has 0 aliphatic carbocycles. The number of aryl methyl sites for hydroxylation is 1. The minimum Gasteiger partial charge on any atom is -0.278 e. The Morgan fingerprint density at radius 1 is 1.17 bits per heavy atom. The van der Waals surface area contributed by atoms with Crippen molar-refractivity contribution in [1.29, 1.82) is 0 Å². The molecule has 3 aromatic rings. The summed E-state index contributed by atoms with van der Waals surface area (Å²) in [6.45, 7) is 0.772. The zero-order valence-electron chi connectivity index (χ0n) is 12.8. The molecule has 0 saturated carbocycles. The third-order valence-corrected chi connectivity index (χ3v) is 6.58. The van der Waals surface area contributed by atoms with Gasteiger partial charge in [0.2, 0.25) is 10.0 Å². The van der Waals surface area contributed by atoms with E-state index in [0.29, 0.717) is 23.3 Å². The molecule has 4 rings (SSSR count). The molecule has 0 fully saturated rings. The molecule has 1 aromatic carbocycles. The fraction of sp³-hybridized carbons (Fsp3) is 0.385. The standard InChI is InChI=1S/C13H14N6O3S2/c1-17-13(20)19-8-7-18(6-5-11(19)14-17)24(21,22)10-4-2-3-9-12(10)16-23-15-9/h2-4H,5-8H2,1H3. The Morgan fingerprint density at radius 3 is 2.83 bits per heavy atom. The molecule has 0 atom stereocenters. The van der Waals surface area contributed by atoms with E-state index < -0.39 is 10.0 Å². The number of fused-ring (bicyclic) bond motifs is 2. The Hall–Kier alpha value is -2.11. The van der Waals surface area contributed by atoms with Crippen molar-refractivity contribution in [1.82, 2.24) is 27.4 Å². The van der Waals surface area contributed by atoms with Gasteiger partial charge in [0.25, 0.3) is 0 Å². The Bertz CT molecular complexity index is 1080. The molecule has 3 heterocycles. The van der Waals surface area contributed by atoms with E-state index in [1.807, 2.05) is 0 Å². The molecule has 0 spiro atoms. The lowest BCUT2D eigenvalue weighted by Crippen LogP contribution is -2.35. The van der Waals surface area contributed by atoms with Crippen LogP contribution in [-0.2, 0) is 30.0 Å². The maximum Gasteiger partial charge on any atom is 0.345 e. The van der Waals surface area contributed by atoms with E-state index in [1.165, 1.54) is 13.6 Å². The lowest BCUT2D eigenvalue weighted by atomic mass is 10.3. The average Bonchev–Trinajstić information content (AvgIpc) is 3.06. The number of rotatable bonds is 2. The number of hydrogen-bond donors (Lipinski definition) is 0. The van der Waals surface area contributed by atoms with Gasteiger partial charge in [0.05, 0.1) is 11.7 Å². The Labute approximate surface area is 141 Å². The first-order valence-electron chi connectivity index (χ1n) is 7.32. The highest BCUT2D eigenvalue weighted by Gasteiger charge is 2.30. The Morgan fingerprint density at radius 2 is 2.00 bits per heavy atom. The summed E-state index contributed by atoms with van der Waals surface area (Å²) in [5, 5.41) is 4.17. The number of hydrogen-bond acceptors (Lipinski definition) is 7. The van der Waals surface area contributed by atoms with Crippen LogP contribution in [0.2, 0.25) is 0 Å². The highest BCUT2D eigenvalue weighted by atomic mass is 32.2. The third-order valence-electron chi connectivity index (χ3n) is 4.11. The lowest BCUT2D eigenvalue weighted by molar-refractivity contribution is 0.411. The largest absolute Gasteiger partial charge is 0.345 e. The van der Waals surface area contributed by atoms with Gasteiger partial charge in [-0.1, -0.05) is 6.07 Å². The molecule has 24 heavy (non-hydrogen) atoms. The van der Waals surface area contributed by atoms with Crippen molar-refractivity contribution in [3.63, 3.8) is 0 Å². The second-order valence-corrected chi connectivity index (χ2v) is 7.95. The molecule has 9 nitrogen and oxygen atoms in total. The van der Waals surface area contributed by atoms with Gasteiger partial charge in [0.15, 0.2) is 0 Å². The molecule has 126 valence electrons. The van der Waals surface area contributed by atoms with Gasteiger partial charge in [-0.25, -0.2) is 17.9 Å². The van der Waals surface area contributed by atoms with Crippen molar-refractivity contribution >= 4 is 32.8 Å². The van der Waals surface area contributed by atoms with Crippen LogP contribution in [0.1, 0.15) is 5.82 Å². The van der Waals surface area contributed by atoms with Crippen LogP contribution in [0, 0.1) is 0 Å². The molecule has 0 saturated heterocycles. The van der Waals surface area contributed by atoms with Gasteiger partial charge in [-0.05, 0) is 12.1 Å². The zero-order chi connectivity index (χ0) is 16.9. The molecule has 2 aromatic heterocycles. The maximum atomic E-state index is 13.0. The van der Waals surface area contributed by atoms with E-state index in [1.54, 1.807) is 25.2 Å². The summed E-state index contributed by atoms with van der Waals surface area (Å²) in [5.41, 5.74) is 0.730. The van der Waals surface area contributed by atoms with Gasteiger partial charge in [-0.3, -0.25) is 4.57 Å². The van der Waals surface area contributed by atoms with Crippen LogP contribution in [0.5, 0.6) is 0 Å². The van der Waals surface area contributed by atoms with Gasteiger partial charge in [0.1, 0.15) is 21.8 Å². The summed E-state index contributed by atoms with van der Waals surface area (Å²) in [6, 6.07) is 4.94. The number of sulfonamides is 1. The number of benzene rings is 1. The Balaban J connectivity index is 1.71. The molecule has 1 aliphatic heterocycles. The van der Waals surface area contributed by atoms with Crippen LogP contribution >= 0.6 is 11.7 Å². The lowest BCUT2D eigenvalue weighted by Gasteiger charge is -2.19. The molecule has 0 N–H and O–H groups in total. The van der Waals surface area contributed by atoms with Gasteiger partial charge in [-0.2, -0.15) is 18.2 Å². The molecular formula is C13H14N6O3S2. The molecule has 11 heteroatoms. The first-order chi connectivity index (χ1) is 11.5. The molecular weight excluding hydrogens is 352 g/mol. The van der Waals surface area contributed by atoms with Crippen molar-refractivity contribution < 1.29 is 8.42 Å². The number of aromatic nitrogens is 5. The van der Waals surface area contributed by atoms with Crippen LogP contribution < -0.4 is 5.69 Å². The van der Waals surface area contributed by atoms with E-state index in [0.717, 1.165) is 11.7 Å². The third kappa shape index (κ3) is 2.27. The molecule has 0 amide bonds. The summed E-state index contributed by atoms with van der Waals surface area (Å²) in [7, 11) is -2.12. The predicted octanol–water partition coefficient (Wildman–Crippen LogP) is -0.166. The smallest absolute Gasteiger partial charge is 0.278 e. The van der Waals surface area contributed by atoms with Gasteiger partial charge < -0.3 is 0 Å². The summed E-state index contributed by atoms with van der Waals surface area (Å²) in [6.07, 6.45) is 0.389. The summed E-state index contributed by atoms with van der Waals surface area (Å²) < 4.78 is 38.4. The van der Waals surface area contributed by atoms with Crippen molar-refractivity contribution in [3.05, 3.63) is 34.5 Å². The molecule has 0 unspecified atom stereocenters. The van der Waals surface area contributed by atoms with Crippen molar-refractivity contribution in [2.75, 3.05) is 13.1 Å². The predicted molar refractivity (Wildman–Crippen MR) is 87.3 cm³/mol. The second-order valence-electron chi connectivity index (χ2n) is 5.52. The summed E-state index contributed by atoms with van der Waals surface area (Å²) in [4.78, 5) is 12.2. The first-order valence-corrected chi connectivity index (χ1v) is 9.49. The van der Waals surface area contributed by atoms with Crippen molar-refractivity contribution in [3.8, 4) is 0 Å². The number of nitrogens with zero attached hydrogens (tertiary/aromatic N) is 6. The minimum absolute atomic E-state index is 0.154.